The summed E-state index contributed by atoms with van der Waals surface area (Å²) < 4.78 is 80.8. The molecule has 0 atom stereocenters. The van der Waals surface area contributed by atoms with Crippen molar-refractivity contribution in [1.82, 2.24) is 9.97 Å². The molecule has 0 N–H and O–H groups in total. The zero-order valence-corrected chi connectivity index (χ0v) is 13.5. The average molecular weight is 396 g/mol. The molecule has 3 heterocycles. The predicted molar refractivity (Wildman–Crippen MR) is 79.7 cm³/mol. The maximum atomic E-state index is 12.6. The van der Waals surface area contributed by atoms with Gasteiger partial charge in [-0.1, -0.05) is 0 Å². The van der Waals surface area contributed by atoms with E-state index in [1.807, 2.05) is 0 Å². The second-order valence-corrected chi connectivity index (χ2v) is 6.48. The van der Waals surface area contributed by atoms with E-state index in [1.165, 1.54) is 17.6 Å². The van der Waals surface area contributed by atoms with Crippen LogP contribution in [0.2, 0.25) is 0 Å². The van der Waals surface area contributed by atoms with Gasteiger partial charge in [0.05, 0.1) is 0 Å². The lowest BCUT2D eigenvalue weighted by Gasteiger charge is -2.04. The first kappa shape index (κ1) is 17.7. The van der Waals surface area contributed by atoms with Crippen molar-refractivity contribution in [3.8, 4) is 23.0 Å². The van der Waals surface area contributed by atoms with Crippen LogP contribution < -0.4 is 4.74 Å². The van der Waals surface area contributed by atoms with Crippen molar-refractivity contribution in [3.05, 3.63) is 44.9 Å². The van der Waals surface area contributed by atoms with Crippen LogP contribution in [0.25, 0.3) is 11.4 Å². The summed E-state index contributed by atoms with van der Waals surface area (Å²) in [5, 5.41) is 2.41. The van der Waals surface area contributed by atoms with Gasteiger partial charge in [-0.3, -0.25) is 0 Å². The van der Waals surface area contributed by atoms with Gasteiger partial charge in [-0.2, -0.15) is 31.3 Å². The summed E-state index contributed by atoms with van der Waals surface area (Å²) in [4.78, 5) is 6.17. The topological polar surface area (TPSA) is 35.0 Å². The molecule has 3 rings (SSSR count). The Balaban J connectivity index is 1.82. The first-order valence-electron chi connectivity index (χ1n) is 6.45. The Morgan fingerprint density at radius 2 is 1.52 bits per heavy atom. The smallest absolute Gasteiger partial charge is 0.425 e. The Bertz CT molecular complexity index is 884. The third-order valence-corrected chi connectivity index (χ3v) is 4.77. The van der Waals surface area contributed by atoms with E-state index in [0.717, 1.165) is 17.5 Å². The summed E-state index contributed by atoms with van der Waals surface area (Å²) in [5.74, 6) is -0.157. The van der Waals surface area contributed by atoms with Gasteiger partial charge in [0.2, 0.25) is 5.88 Å². The maximum absolute atomic E-state index is 12.6. The molecule has 25 heavy (non-hydrogen) atoms. The monoisotopic (exact) mass is 396 g/mol. The second-order valence-electron chi connectivity index (χ2n) is 4.66. The molecule has 0 fully saturated rings. The Kier molecular flexibility index (Phi) is 4.45. The minimum Gasteiger partial charge on any atom is -0.438 e. The Morgan fingerprint density at radius 1 is 0.880 bits per heavy atom. The molecule has 0 aliphatic heterocycles. The summed E-state index contributed by atoms with van der Waals surface area (Å²) in [5.41, 5.74) is 0.143. The number of rotatable bonds is 3. The van der Waals surface area contributed by atoms with Gasteiger partial charge in [-0.25, -0.2) is 4.98 Å². The van der Waals surface area contributed by atoms with Crippen LogP contribution in [0.3, 0.4) is 0 Å². The number of thiophene rings is 2. The molecule has 0 saturated heterocycles. The molecule has 0 bridgehead atoms. The van der Waals surface area contributed by atoms with Gasteiger partial charge in [0.1, 0.15) is 15.5 Å². The van der Waals surface area contributed by atoms with Crippen LogP contribution in [0, 0.1) is 0 Å². The van der Waals surface area contributed by atoms with Crippen molar-refractivity contribution >= 4 is 22.7 Å². The molecule has 0 radical (unpaired) electrons. The van der Waals surface area contributed by atoms with Crippen LogP contribution in [-0.4, -0.2) is 9.97 Å². The second kappa shape index (κ2) is 6.30. The minimum atomic E-state index is -4.48. The van der Waals surface area contributed by atoms with Crippen molar-refractivity contribution in [2.45, 2.75) is 12.4 Å². The Labute approximate surface area is 144 Å². The molecule has 0 saturated carbocycles. The van der Waals surface area contributed by atoms with E-state index in [-0.39, 0.29) is 23.0 Å². The number of ether oxygens (including phenoxy) is 1. The Morgan fingerprint density at radius 3 is 2.12 bits per heavy atom. The molecule has 3 nitrogen and oxygen atoms in total. The quantitative estimate of drug-likeness (QED) is 0.502. The summed E-state index contributed by atoms with van der Waals surface area (Å²) in [7, 11) is 0. The Hall–Kier alpha value is -2.14. The fourth-order valence-electron chi connectivity index (χ4n) is 1.78. The molecule has 0 amide bonds. The summed E-state index contributed by atoms with van der Waals surface area (Å²) in [6, 6.07) is 3.01. The van der Waals surface area contributed by atoms with Gasteiger partial charge < -0.3 is 4.74 Å². The molecule has 3 aromatic heterocycles. The summed E-state index contributed by atoms with van der Waals surface area (Å²) >= 11 is 0.964. The number of halogens is 6. The zero-order chi connectivity index (χ0) is 18.2. The highest BCUT2D eigenvalue weighted by molar-refractivity contribution is 7.10. The highest BCUT2D eigenvalue weighted by Gasteiger charge is 2.33. The number of hydrogen-bond acceptors (Lipinski definition) is 5. The lowest BCUT2D eigenvalue weighted by atomic mass is 10.3. The molecule has 132 valence electrons. The van der Waals surface area contributed by atoms with Gasteiger partial charge >= 0.3 is 12.4 Å². The average Bonchev–Trinajstić information content (AvgIpc) is 3.15. The lowest BCUT2D eigenvalue weighted by molar-refractivity contribution is -0.135. The fourth-order valence-corrected chi connectivity index (χ4v) is 3.22. The fraction of sp³-hybridized carbons (Fsp3) is 0.143. The lowest BCUT2D eigenvalue weighted by Crippen LogP contribution is -2.01. The number of aromatic nitrogens is 2. The van der Waals surface area contributed by atoms with Crippen molar-refractivity contribution < 1.29 is 31.1 Å². The zero-order valence-electron chi connectivity index (χ0n) is 11.9. The largest absolute Gasteiger partial charge is 0.438 e. The normalized spacial score (nSPS) is 12.4. The van der Waals surface area contributed by atoms with Gasteiger partial charge in [0, 0.05) is 34.7 Å². The molecule has 0 aromatic carbocycles. The minimum absolute atomic E-state index is 0.0180. The van der Waals surface area contributed by atoms with Gasteiger partial charge in [0.15, 0.2) is 5.82 Å². The molecular formula is C14H6F6N2OS2. The van der Waals surface area contributed by atoms with Crippen molar-refractivity contribution in [1.29, 1.82) is 0 Å². The van der Waals surface area contributed by atoms with Gasteiger partial charge in [0.25, 0.3) is 0 Å². The molecule has 0 aliphatic rings. The van der Waals surface area contributed by atoms with E-state index >= 15 is 0 Å². The standard InChI is InChI=1S/C14H6F6N2OS2/c15-13(16,17)9-3-7(5-24-9)12-21-2-1-11(22-12)23-8-4-10(25-6-8)14(18,19)20/h1-6H. The van der Waals surface area contributed by atoms with E-state index in [9.17, 15) is 26.3 Å². The van der Waals surface area contributed by atoms with E-state index in [2.05, 4.69) is 9.97 Å². The molecule has 0 aliphatic carbocycles. The number of alkyl halides is 6. The first-order chi connectivity index (χ1) is 11.6. The number of nitrogens with zero attached hydrogens (tertiary/aromatic N) is 2. The molecule has 0 spiro atoms. The van der Waals surface area contributed by atoms with Crippen LogP contribution in [0.1, 0.15) is 9.75 Å². The third-order valence-electron chi connectivity index (χ3n) is 2.84. The highest BCUT2D eigenvalue weighted by Crippen LogP contribution is 2.38. The SMILES string of the molecule is FC(F)(F)c1cc(Oc2ccnc(-c3csc(C(F)(F)F)c3)n2)cs1. The predicted octanol–water partition coefficient (Wildman–Crippen LogP) is 6.10. The summed E-state index contributed by atoms with van der Waals surface area (Å²) in [6.45, 7) is 0. The van der Waals surface area contributed by atoms with Gasteiger partial charge in [-0.05, 0) is 6.07 Å². The highest BCUT2D eigenvalue weighted by atomic mass is 32.1. The van der Waals surface area contributed by atoms with Crippen LogP contribution in [0.15, 0.2) is 35.2 Å². The van der Waals surface area contributed by atoms with Crippen LogP contribution in [-0.2, 0) is 12.4 Å². The van der Waals surface area contributed by atoms with E-state index in [4.69, 9.17) is 4.74 Å². The number of hydrogen-bond donors (Lipinski definition) is 0. The first-order valence-corrected chi connectivity index (χ1v) is 8.21. The molecule has 11 heteroatoms. The van der Waals surface area contributed by atoms with Crippen LogP contribution >= 0.6 is 22.7 Å². The summed E-state index contributed by atoms with van der Waals surface area (Å²) in [6.07, 6.45) is -7.70. The molecular weight excluding hydrogens is 390 g/mol. The third kappa shape index (κ3) is 4.10. The van der Waals surface area contributed by atoms with Crippen molar-refractivity contribution in [2.75, 3.05) is 0 Å². The van der Waals surface area contributed by atoms with Crippen LogP contribution in [0.5, 0.6) is 11.6 Å². The van der Waals surface area contributed by atoms with E-state index < -0.39 is 22.1 Å². The van der Waals surface area contributed by atoms with E-state index in [1.54, 1.807) is 0 Å². The molecule has 3 aromatic rings. The maximum Gasteiger partial charge on any atom is 0.425 e. The van der Waals surface area contributed by atoms with E-state index in [0.29, 0.717) is 22.7 Å². The van der Waals surface area contributed by atoms with Crippen molar-refractivity contribution in [3.63, 3.8) is 0 Å². The molecule has 0 unspecified atom stereocenters. The van der Waals surface area contributed by atoms with Crippen LogP contribution in [0.4, 0.5) is 26.3 Å². The van der Waals surface area contributed by atoms with Crippen molar-refractivity contribution in [2.24, 2.45) is 0 Å². The van der Waals surface area contributed by atoms with Gasteiger partial charge in [-0.15, -0.1) is 22.7 Å².